The van der Waals surface area contributed by atoms with Crippen LogP contribution in [0.4, 0.5) is 0 Å². The van der Waals surface area contributed by atoms with Crippen molar-refractivity contribution in [3.8, 4) is 0 Å². The number of allylic oxidation sites excluding steroid dienone is 1. The monoisotopic (exact) mass is 400 g/mol. The first-order valence-electron chi connectivity index (χ1n) is 10.8. The summed E-state index contributed by atoms with van der Waals surface area (Å²) >= 11 is 0. The van der Waals surface area contributed by atoms with Crippen molar-refractivity contribution in [2.45, 2.75) is 18.8 Å². The predicted octanol–water partition coefficient (Wildman–Crippen LogP) is 7.19. The van der Waals surface area contributed by atoms with Crippen molar-refractivity contribution in [2.75, 3.05) is 0 Å². The van der Waals surface area contributed by atoms with Crippen molar-refractivity contribution in [2.24, 2.45) is 0 Å². The fourth-order valence-corrected chi connectivity index (χ4v) is 4.76. The molecule has 0 heterocycles. The Morgan fingerprint density at radius 3 is 1.94 bits per heavy atom. The quantitative estimate of drug-likeness (QED) is 0.331. The predicted molar refractivity (Wildman–Crippen MR) is 127 cm³/mol. The molecule has 150 valence electrons. The van der Waals surface area contributed by atoms with Gasteiger partial charge in [0, 0.05) is 11.5 Å². The Bertz CT molecular complexity index is 1250. The van der Waals surface area contributed by atoms with E-state index in [2.05, 4.69) is 79.7 Å². The lowest BCUT2D eigenvalue weighted by Crippen LogP contribution is -2.24. The summed E-state index contributed by atoms with van der Waals surface area (Å²) in [7, 11) is 0. The number of carbonyl (C=O) groups is 1. The second-order valence-electron chi connectivity index (χ2n) is 8.12. The lowest BCUT2D eigenvalue weighted by Gasteiger charge is -2.33. The topological polar surface area (TPSA) is 17.1 Å². The van der Waals surface area contributed by atoms with Gasteiger partial charge in [0.25, 0.3) is 0 Å². The lowest BCUT2D eigenvalue weighted by atomic mass is 9.69. The third-order valence-electron chi connectivity index (χ3n) is 6.26. The van der Waals surface area contributed by atoms with Gasteiger partial charge in [0.05, 0.1) is 5.92 Å². The van der Waals surface area contributed by atoms with E-state index in [1.807, 2.05) is 42.5 Å². The molecule has 0 fully saturated rings. The van der Waals surface area contributed by atoms with Gasteiger partial charge >= 0.3 is 0 Å². The van der Waals surface area contributed by atoms with Crippen molar-refractivity contribution < 1.29 is 4.79 Å². The molecule has 5 rings (SSSR count). The van der Waals surface area contributed by atoms with Crippen LogP contribution in [0.3, 0.4) is 0 Å². The number of Topliss-reactive ketones (excluding diaryl/α,β-unsaturated/α-hetero) is 1. The maximum absolute atomic E-state index is 13.9. The summed E-state index contributed by atoms with van der Waals surface area (Å²) in [6.45, 7) is 2.13. The average molecular weight is 401 g/mol. The zero-order valence-corrected chi connectivity index (χ0v) is 17.5. The smallest absolute Gasteiger partial charge is 0.171 e. The molecule has 0 aliphatic heterocycles. The highest BCUT2D eigenvalue weighted by molar-refractivity contribution is 6.04. The van der Waals surface area contributed by atoms with Crippen LogP contribution in [0.2, 0.25) is 0 Å². The molecule has 0 radical (unpaired) electrons. The summed E-state index contributed by atoms with van der Waals surface area (Å²) in [6, 6.07) is 37.0. The van der Waals surface area contributed by atoms with Gasteiger partial charge in [-0.15, -0.1) is 0 Å². The second-order valence-corrected chi connectivity index (χ2v) is 8.12. The zero-order chi connectivity index (χ0) is 21.2. The molecule has 1 aliphatic rings. The largest absolute Gasteiger partial charge is 0.293 e. The van der Waals surface area contributed by atoms with Gasteiger partial charge < -0.3 is 0 Å². The van der Waals surface area contributed by atoms with Crippen molar-refractivity contribution in [1.82, 2.24) is 0 Å². The highest BCUT2D eigenvalue weighted by Gasteiger charge is 2.36. The van der Waals surface area contributed by atoms with Crippen LogP contribution in [0.15, 0.2) is 115 Å². The molecular formula is C30H24O. The first-order valence-corrected chi connectivity index (χ1v) is 10.8. The van der Waals surface area contributed by atoms with Crippen LogP contribution in [0.25, 0.3) is 5.57 Å². The third kappa shape index (κ3) is 3.53. The van der Waals surface area contributed by atoms with Crippen molar-refractivity contribution in [1.29, 1.82) is 0 Å². The Morgan fingerprint density at radius 1 is 0.645 bits per heavy atom. The van der Waals surface area contributed by atoms with E-state index in [0.717, 1.165) is 16.7 Å². The van der Waals surface area contributed by atoms with Crippen molar-refractivity contribution >= 4 is 11.4 Å². The minimum atomic E-state index is -0.257. The van der Waals surface area contributed by atoms with Gasteiger partial charge in [0.15, 0.2) is 5.78 Å². The normalized spacial score (nSPS) is 17.5. The van der Waals surface area contributed by atoms with E-state index < -0.39 is 0 Å². The molecule has 0 amide bonds. The highest BCUT2D eigenvalue weighted by atomic mass is 16.1. The fraction of sp³-hybridized carbons (Fsp3) is 0.100. The van der Waals surface area contributed by atoms with Gasteiger partial charge in [-0.25, -0.2) is 0 Å². The molecule has 1 aliphatic carbocycles. The average Bonchev–Trinajstić information content (AvgIpc) is 2.84. The Kier molecular flexibility index (Phi) is 5.09. The summed E-state index contributed by atoms with van der Waals surface area (Å²) in [6.07, 6.45) is 2.31. The molecular weight excluding hydrogens is 376 g/mol. The van der Waals surface area contributed by atoms with E-state index in [0.29, 0.717) is 0 Å². The van der Waals surface area contributed by atoms with E-state index in [1.165, 1.54) is 22.3 Å². The minimum Gasteiger partial charge on any atom is -0.293 e. The number of rotatable bonds is 4. The van der Waals surface area contributed by atoms with Crippen LogP contribution in [-0.2, 0) is 0 Å². The molecule has 0 unspecified atom stereocenters. The molecule has 0 aromatic heterocycles. The molecule has 0 N–H and O–H groups in total. The molecule has 31 heavy (non-hydrogen) atoms. The number of hydrogen-bond acceptors (Lipinski definition) is 1. The minimum absolute atomic E-state index is 0.0287. The van der Waals surface area contributed by atoms with E-state index in [1.54, 1.807) is 0 Å². The number of fused-ring (bicyclic) bond motifs is 1. The van der Waals surface area contributed by atoms with Crippen molar-refractivity contribution in [3.63, 3.8) is 0 Å². The number of benzene rings is 4. The first-order chi connectivity index (χ1) is 15.2. The first kappa shape index (κ1) is 19.3. The maximum atomic E-state index is 13.9. The molecule has 4 aromatic carbocycles. The van der Waals surface area contributed by atoms with Crippen molar-refractivity contribution in [3.05, 3.63) is 149 Å². The molecule has 0 saturated heterocycles. The molecule has 0 bridgehead atoms. The lowest BCUT2D eigenvalue weighted by molar-refractivity contribution is 0.0952. The van der Waals surface area contributed by atoms with Gasteiger partial charge in [0.1, 0.15) is 0 Å². The Balaban J connectivity index is 1.75. The van der Waals surface area contributed by atoms with Gasteiger partial charge in [-0.1, -0.05) is 115 Å². The van der Waals surface area contributed by atoms with Crippen LogP contribution in [-0.4, -0.2) is 5.78 Å². The van der Waals surface area contributed by atoms with Gasteiger partial charge in [-0.05, 0) is 40.3 Å². The summed E-state index contributed by atoms with van der Waals surface area (Å²) in [5.74, 6) is -0.115. The molecule has 1 heteroatoms. The van der Waals surface area contributed by atoms with Crippen LogP contribution in [0.5, 0.6) is 0 Å². The summed E-state index contributed by atoms with van der Waals surface area (Å²) in [4.78, 5) is 13.9. The number of carbonyl (C=O) groups excluding carboxylic acids is 1. The molecule has 2 atom stereocenters. The molecule has 0 saturated carbocycles. The Labute approximate surface area is 183 Å². The van der Waals surface area contributed by atoms with Crippen LogP contribution in [0, 0.1) is 6.92 Å². The molecule has 1 nitrogen and oxygen atoms in total. The van der Waals surface area contributed by atoms with E-state index in [-0.39, 0.29) is 17.6 Å². The fourth-order valence-electron chi connectivity index (χ4n) is 4.76. The van der Waals surface area contributed by atoms with E-state index in [4.69, 9.17) is 0 Å². The zero-order valence-electron chi connectivity index (χ0n) is 17.5. The second kappa shape index (κ2) is 8.20. The summed E-state index contributed by atoms with van der Waals surface area (Å²) in [5, 5.41) is 0. The number of ketones is 1. The maximum Gasteiger partial charge on any atom is 0.171 e. The summed E-state index contributed by atoms with van der Waals surface area (Å²) < 4.78 is 0. The van der Waals surface area contributed by atoms with Gasteiger partial charge in [-0.3, -0.25) is 4.79 Å². The van der Waals surface area contributed by atoms with E-state index in [9.17, 15) is 4.79 Å². The van der Waals surface area contributed by atoms with Gasteiger partial charge in [0.2, 0.25) is 0 Å². The van der Waals surface area contributed by atoms with Gasteiger partial charge in [-0.2, -0.15) is 0 Å². The standard InChI is InChI=1S/C30H24O/c1-21-12-8-9-17-24(21)28-20-27(22-13-4-2-5-14-22)25-18-10-11-19-26(25)29(28)30(31)23-15-6-3-7-16-23/h2-20,28-29H,1H3/t28-,29+/m0/s1. The molecule has 4 aromatic rings. The SMILES string of the molecule is Cc1ccccc1[C@@H]1C=C(c2ccccc2)c2ccccc2[C@H]1C(=O)c1ccccc1. The summed E-state index contributed by atoms with van der Waals surface area (Å²) in [5.41, 5.74) is 7.80. The third-order valence-corrected chi connectivity index (χ3v) is 6.26. The van der Waals surface area contributed by atoms with E-state index >= 15 is 0 Å². The van der Waals surface area contributed by atoms with Crippen LogP contribution >= 0.6 is 0 Å². The Hall–Kier alpha value is -3.71. The number of hydrogen-bond donors (Lipinski definition) is 0. The highest BCUT2D eigenvalue weighted by Crippen LogP contribution is 2.47. The number of aryl methyl sites for hydroxylation is 1. The molecule has 0 spiro atoms. The Morgan fingerprint density at radius 2 is 1.23 bits per heavy atom. The van der Waals surface area contributed by atoms with Crippen LogP contribution in [0.1, 0.15) is 50.0 Å². The van der Waals surface area contributed by atoms with Crippen LogP contribution < -0.4 is 0 Å².